The Balaban J connectivity index is 1.58. The van der Waals surface area contributed by atoms with Crippen molar-refractivity contribution in [3.05, 3.63) is 101 Å². The Morgan fingerprint density at radius 1 is 1.07 bits per heavy atom. The highest BCUT2D eigenvalue weighted by atomic mass is 35.5. The summed E-state index contributed by atoms with van der Waals surface area (Å²) in [6.07, 6.45) is 3.60. The lowest BCUT2D eigenvalue weighted by Gasteiger charge is -2.05. The van der Waals surface area contributed by atoms with Crippen LogP contribution in [-0.4, -0.2) is 21.8 Å². The van der Waals surface area contributed by atoms with Gasteiger partial charge in [-0.2, -0.15) is 5.10 Å². The summed E-state index contributed by atoms with van der Waals surface area (Å²) >= 11 is 5.89. The Kier molecular flexibility index (Phi) is 5.31. The van der Waals surface area contributed by atoms with E-state index in [1.54, 1.807) is 6.21 Å². The molecule has 29 heavy (non-hydrogen) atoms. The topological polar surface area (TPSA) is 66.6 Å². The molecule has 0 aliphatic heterocycles. The number of hydrogen-bond donors (Lipinski definition) is 2. The molecule has 2 N–H and O–H groups in total. The molecule has 1 aromatic heterocycles. The summed E-state index contributed by atoms with van der Waals surface area (Å²) in [5.74, 6) is -0.684. The van der Waals surface area contributed by atoms with Crippen LogP contribution in [0.3, 0.4) is 0 Å². The van der Waals surface area contributed by atoms with Gasteiger partial charge in [0.1, 0.15) is 5.75 Å². The standard InChI is InChI=1S/C23H18ClN3O2/c24-18-10-11-22(28)20(12-18)23(29)26-25-13-17-15-27(14-16-6-2-1-3-7-16)21-9-5-4-8-19(17)21/h1-13,15,28H,14H2,(H,26,29)/b25-13-. The second-order valence-electron chi connectivity index (χ2n) is 6.58. The van der Waals surface area contributed by atoms with E-state index in [0.29, 0.717) is 5.02 Å². The number of hydrazone groups is 1. The number of benzene rings is 3. The lowest BCUT2D eigenvalue weighted by molar-refractivity contribution is 0.0952. The number of rotatable bonds is 5. The average molecular weight is 404 g/mol. The van der Waals surface area contributed by atoms with Gasteiger partial charge >= 0.3 is 0 Å². The number of carbonyl (C=O) groups is 1. The number of nitrogens with zero attached hydrogens (tertiary/aromatic N) is 2. The minimum absolute atomic E-state index is 0.0705. The number of phenols is 1. The van der Waals surface area contributed by atoms with Crippen LogP contribution in [0.25, 0.3) is 10.9 Å². The van der Waals surface area contributed by atoms with Gasteiger partial charge in [0.15, 0.2) is 0 Å². The van der Waals surface area contributed by atoms with Gasteiger partial charge < -0.3 is 9.67 Å². The molecule has 0 unspecified atom stereocenters. The fourth-order valence-corrected chi connectivity index (χ4v) is 3.37. The highest BCUT2D eigenvalue weighted by Crippen LogP contribution is 2.22. The lowest BCUT2D eigenvalue weighted by Crippen LogP contribution is -2.17. The molecule has 0 spiro atoms. The number of fused-ring (bicyclic) bond motifs is 1. The molecule has 0 fully saturated rings. The van der Waals surface area contributed by atoms with Gasteiger partial charge in [-0.25, -0.2) is 5.43 Å². The van der Waals surface area contributed by atoms with Crippen molar-refractivity contribution in [1.82, 2.24) is 9.99 Å². The number of carbonyl (C=O) groups excluding carboxylic acids is 1. The van der Waals surface area contributed by atoms with Crippen molar-refractivity contribution < 1.29 is 9.90 Å². The van der Waals surface area contributed by atoms with Gasteiger partial charge in [0.05, 0.1) is 11.8 Å². The molecule has 0 saturated heterocycles. The maximum atomic E-state index is 12.3. The number of phenolic OH excluding ortho intramolecular Hbond substituents is 1. The van der Waals surface area contributed by atoms with Crippen molar-refractivity contribution in [2.75, 3.05) is 0 Å². The summed E-state index contributed by atoms with van der Waals surface area (Å²) < 4.78 is 2.15. The fourth-order valence-electron chi connectivity index (χ4n) is 3.20. The summed E-state index contributed by atoms with van der Waals surface area (Å²) in [5, 5.41) is 15.3. The Hall–Kier alpha value is -3.57. The van der Waals surface area contributed by atoms with Crippen LogP contribution in [0.4, 0.5) is 0 Å². The molecule has 144 valence electrons. The number of aromatic hydroxyl groups is 1. The third-order valence-corrected chi connectivity index (χ3v) is 4.82. The smallest absolute Gasteiger partial charge is 0.275 e. The van der Waals surface area contributed by atoms with Crippen LogP contribution < -0.4 is 5.43 Å². The SMILES string of the molecule is O=C(N/N=C\c1cn(Cc2ccccc2)c2ccccc12)c1cc(Cl)ccc1O. The van der Waals surface area contributed by atoms with Crippen molar-refractivity contribution in [2.24, 2.45) is 5.10 Å². The summed E-state index contributed by atoms with van der Waals surface area (Å²) in [6, 6.07) is 22.5. The third-order valence-electron chi connectivity index (χ3n) is 4.59. The van der Waals surface area contributed by atoms with Crippen LogP contribution in [0.1, 0.15) is 21.5 Å². The first-order valence-electron chi connectivity index (χ1n) is 9.05. The lowest BCUT2D eigenvalue weighted by atomic mass is 10.2. The van der Waals surface area contributed by atoms with E-state index in [0.717, 1.165) is 23.0 Å². The van der Waals surface area contributed by atoms with Crippen molar-refractivity contribution in [2.45, 2.75) is 6.54 Å². The molecule has 4 aromatic rings. The number of aromatic nitrogens is 1. The first-order chi connectivity index (χ1) is 14.1. The number of para-hydroxylation sites is 1. The molecule has 1 heterocycles. The quantitative estimate of drug-likeness (QED) is 0.371. The number of nitrogens with one attached hydrogen (secondary N) is 1. The minimum Gasteiger partial charge on any atom is -0.507 e. The van der Waals surface area contributed by atoms with Gasteiger partial charge in [-0.05, 0) is 29.8 Å². The maximum Gasteiger partial charge on any atom is 0.275 e. The zero-order valence-electron chi connectivity index (χ0n) is 15.4. The molecular formula is C23H18ClN3O2. The van der Waals surface area contributed by atoms with E-state index < -0.39 is 5.91 Å². The minimum atomic E-state index is -0.533. The van der Waals surface area contributed by atoms with E-state index in [2.05, 4.69) is 33.3 Å². The number of halogens is 1. The van der Waals surface area contributed by atoms with E-state index in [1.165, 1.54) is 23.8 Å². The van der Waals surface area contributed by atoms with Crippen LogP contribution in [0.5, 0.6) is 5.75 Å². The first-order valence-corrected chi connectivity index (χ1v) is 9.43. The second-order valence-corrected chi connectivity index (χ2v) is 7.01. The molecule has 0 bridgehead atoms. The van der Waals surface area contributed by atoms with Crippen LogP contribution in [-0.2, 0) is 6.54 Å². The monoisotopic (exact) mass is 403 g/mol. The van der Waals surface area contributed by atoms with Crippen LogP contribution >= 0.6 is 11.6 Å². The normalized spacial score (nSPS) is 11.2. The van der Waals surface area contributed by atoms with E-state index in [4.69, 9.17) is 11.6 Å². The highest BCUT2D eigenvalue weighted by Gasteiger charge is 2.11. The Bertz CT molecular complexity index is 1200. The van der Waals surface area contributed by atoms with E-state index >= 15 is 0 Å². The molecule has 3 aromatic carbocycles. The molecular weight excluding hydrogens is 386 g/mol. The second kappa shape index (κ2) is 8.20. The fraction of sp³-hybridized carbons (Fsp3) is 0.0435. The zero-order chi connectivity index (χ0) is 20.2. The first kappa shape index (κ1) is 18.8. The van der Waals surface area contributed by atoms with Gasteiger partial charge in [0.2, 0.25) is 0 Å². The van der Waals surface area contributed by atoms with Crippen LogP contribution in [0.15, 0.2) is 84.1 Å². The summed E-state index contributed by atoms with van der Waals surface area (Å²) in [4.78, 5) is 12.3. The van der Waals surface area contributed by atoms with Gasteiger partial charge in [-0.1, -0.05) is 60.1 Å². The third kappa shape index (κ3) is 4.15. The largest absolute Gasteiger partial charge is 0.507 e. The van der Waals surface area contributed by atoms with Gasteiger partial charge in [0.25, 0.3) is 5.91 Å². The molecule has 0 aliphatic rings. The summed E-state index contributed by atoms with van der Waals surface area (Å²) in [7, 11) is 0. The van der Waals surface area contributed by atoms with Gasteiger partial charge in [-0.3, -0.25) is 4.79 Å². The summed E-state index contributed by atoms with van der Waals surface area (Å²) in [5.41, 5.74) is 5.67. The van der Waals surface area contributed by atoms with E-state index in [-0.39, 0.29) is 11.3 Å². The van der Waals surface area contributed by atoms with Crippen molar-refractivity contribution in [3.8, 4) is 5.75 Å². The van der Waals surface area contributed by atoms with Gasteiger partial charge in [0, 0.05) is 34.2 Å². The Morgan fingerprint density at radius 3 is 2.66 bits per heavy atom. The Morgan fingerprint density at radius 2 is 1.83 bits per heavy atom. The van der Waals surface area contributed by atoms with Crippen molar-refractivity contribution in [1.29, 1.82) is 0 Å². The molecule has 0 radical (unpaired) electrons. The van der Waals surface area contributed by atoms with E-state index in [9.17, 15) is 9.90 Å². The van der Waals surface area contributed by atoms with Crippen LogP contribution in [0.2, 0.25) is 5.02 Å². The van der Waals surface area contributed by atoms with Crippen molar-refractivity contribution >= 4 is 34.6 Å². The zero-order valence-corrected chi connectivity index (χ0v) is 16.2. The molecule has 6 heteroatoms. The predicted molar refractivity (Wildman–Crippen MR) is 116 cm³/mol. The number of hydrogen-bond acceptors (Lipinski definition) is 3. The number of amides is 1. The average Bonchev–Trinajstić information content (AvgIpc) is 3.08. The van der Waals surface area contributed by atoms with Crippen molar-refractivity contribution in [3.63, 3.8) is 0 Å². The highest BCUT2D eigenvalue weighted by molar-refractivity contribution is 6.31. The maximum absolute atomic E-state index is 12.3. The van der Waals surface area contributed by atoms with Gasteiger partial charge in [-0.15, -0.1) is 0 Å². The molecule has 1 amide bonds. The molecule has 0 atom stereocenters. The summed E-state index contributed by atoms with van der Waals surface area (Å²) in [6.45, 7) is 0.734. The molecule has 5 nitrogen and oxygen atoms in total. The predicted octanol–water partition coefficient (Wildman–Crippen LogP) is 4.81. The Labute approximate surface area is 172 Å². The molecule has 4 rings (SSSR count). The molecule has 0 saturated carbocycles. The molecule has 0 aliphatic carbocycles. The van der Waals surface area contributed by atoms with E-state index in [1.807, 2.05) is 42.6 Å². The van der Waals surface area contributed by atoms with Crippen LogP contribution in [0, 0.1) is 0 Å².